The summed E-state index contributed by atoms with van der Waals surface area (Å²) >= 11 is 0. The van der Waals surface area contributed by atoms with E-state index in [4.69, 9.17) is 9.26 Å². The van der Waals surface area contributed by atoms with E-state index < -0.39 is 0 Å². The van der Waals surface area contributed by atoms with E-state index >= 15 is 0 Å². The van der Waals surface area contributed by atoms with Crippen molar-refractivity contribution in [1.82, 2.24) is 15.0 Å². The van der Waals surface area contributed by atoms with Gasteiger partial charge in [-0.2, -0.15) is 4.98 Å². The summed E-state index contributed by atoms with van der Waals surface area (Å²) in [4.78, 5) is 30.3. The largest absolute Gasteiger partial charge is 0.466 e. The van der Waals surface area contributed by atoms with Crippen LogP contribution in [-0.4, -0.2) is 46.6 Å². The van der Waals surface area contributed by atoms with E-state index in [1.165, 1.54) is 0 Å². The second-order valence-corrected chi connectivity index (χ2v) is 6.49. The van der Waals surface area contributed by atoms with Gasteiger partial charge in [-0.05, 0) is 26.2 Å². The molecule has 0 aromatic carbocycles. The Labute approximate surface area is 142 Å². The zero-order valence-electron chi connectivity index (χ0n) is 14.8. The Hall–Kier alpha value is -1.92. The van der Waals surface area contributed by atoms with Crippen LogP contribution in [0, 0.1) is 5.92 Å². The Morgan fingerprint density at radius 2 is 2.21 bits per heavy atom. The van der Waals surface area contributed by atoms with Gasteiger partial charge in [0, 0.05) is 31.8 Å². The number of carbonyl (C=O) groups is 2. The molecule has 2 heterocycles. The van der Waals surface area contributed by atoms with Crippen LogP contribution in [0.1, 0.15) is 64.1 Å². The predicted octanol–water partition coefficient (Wildman–Crippen LogP) is 2.32. The molecule has 24 heavy (non-hydrogen) atoms. The van der Waals surface area contributed by atoms with Gasteiger partial charge >= 0.3 is 5.97 Å². The summed E-state index contributed by atoms with van der Waals surface area (Å²) in [5.41, 5.74) is 0. The third kappa shape index (κ3) is 5.04. The van der Waals surface area contributed by atoms with Crippen LogP contribution in [0.5, 0.6) is 0 Å². The molecule has 1 aromatic heterocycles. The van der Waals surface area contributed by atoms with Gasteiger partial charge in [0.15, 0.2) is 5.82 Å². The molecule has 7 nitrogen and oxygen atoms in total. The third-order valence-electron chi connectivity index (χ3n) is 4.18. The Morgan fingerprint density at radius 3 is 2.88 bits per heavy atom. The second-order valence-electron chi connectivity index (χ2n) is 6.49. The molecule has 1 aliphatic heterocycles. The molecule has 0 bridgehead atoms. The van der Waals surface area contributed by atoms with Crippen LogP contribution in [0.15, 0.2) is 4.52 Å². The Morgan fingerprint density at radius 1 is 1.42 bits per heavy atom. The standard InChI is InChI=1S/C17H27N3O4/c1-4-23-17(22)13-7-6-10-20(11-13)15(21)9-5-8-14-18-16(12(2)3)19-24-14/h12-13H,4-11H2,1-3H3. The number of hydrogen-bond acceptors (Lipinski definition) is 6. The van der Waals surface area contributed by atoms with Crippen molar-refractivity contribution >= 4 is 11.9 Å². The third-order valence-corrected chi connectivity index (χ3v) is 4.18. The second kappa shape index (κ2) is 8.80. The maximum Gasteiger partial charge on any atom is 0.310 e. The van der Waals surface area contributed by atoms with Gasteiger partial charge in [0.05, 0.1) is 12.5 Å². The van der Waals surface area contributed by atoms with Crippen LogP contribution >= 0.6 is 0 Å². The van der Waals surface area contributed by atoms with Crippen molar-refractivity contribution in [3.05, 3.63) is 11.7 Å². The van der Waals surface area contributed by atoms with Gasteiger partial charge in [0.2, 0.25) is 11.8 Å². The molecule has 134 valence electrons. The average Bonchev–Trinajstić information content (AvgIpc) is 3.04. The van der Waals surface area contributed by atoms with Crippen molar-refractivity contribution in [2.24, 2.45) is 5.92 Å². The molecule has 0 N–H and O–H groups in total. The van der Waals surface area contributed by atoms with E-state index in [0.717, 1.165) is 12.8 Å². The lowest BCUT2D eigenvalue weighted by Gasteiger charge is -2.31. The van der Waals surface area contributed by atoms with Gasteiger partial charge in [-0.1, -0.05) is 19.0 Å². The van der Waals surface area contributed by atoms with E-state index in [2.05, 4.69) is 10.1 Å². The highest BCUT2D eigenvalue weighted by molar-refractivity contribution is 5.78. The van der Waals surface area contributed by atoms with Crippen molar-refractivity contribution in [3.8, 4) is 0 Å². The van der Waals surface area contributed by atoms with E-state index in [1.54, 1.807) is 11.8 Å². The minimum Gasteiger partial charge on any atom is -0.466 e. The summed E-state index contributed by atoms with van der Waals surface area (Å²) in [7, 11) is 0. The minimum absolute atomic E-state index is 0.0765. The summed E-state index contributed by atoms with van der Waals surface area (Å²) in [6.45, 7) is 7.38. The van der Waals surface area contributed by atoms with E-state index in [9.17, 15) is 9.59 Å². The number of carbonyl (C=O) groups excluding carboxylic acids is 2. The number of esters is 1. The molecule has 1 amide bonds. The number of rotatable bonds is 7. The van der Waals surface area contributed by atoms with Crippen molar-refractivity contribution < 1.29 is 18.8 Å². The zero-order valence-corrected chi connectivity index (χ0v) is 14.8. The lowest BCUT2D eigenvalue weighted by Crippen LogP contribution is -2.42. The summed E-state index contributed by atoms with van der Waals surface area (Å²) in [5, 5.41) is 3.92. The summed E-state index contributed by atoms with van der Waals surface area (Å²) < 4.78 is 10.2. The molecule has 1 unspecified atom stereocenters. The molecule has 0 spiro atoms. The van der Waals surface area contributed by atoms with Crippen LogP contribution in [-0.2, 0) is 20.7 Å². The Bertz CT molecular complexity index is 556. The smallest absolute Gasteiger partial charge is 0.310 e. The van der Waals surface area contributed by atoms with Crippen LogP contribution < -0.4 is 0 Å². The molecule has 1 aromatic rings. The summed E-state index contributed by atoms with van der Waals surface area (Å²) in [5.74, 6) is 1.21. The zero-order chi connectivity index (χ0) is 17.5. The summed E-state index contributed by atoms with van der Waals surface area (Å²) in [6.07, 6.45) is 3.33. The van der Waals surface area contributed by atoms with Gasteiger partial charge in [-0.3, -0.25) is 9.59 Å². The highest BCUT2D eigenvalue weighted by Crippen LogP contribution is 2.19. The van der Waals surface area contributed by atoms with E-state index in [1.807, 2.05) is 13.8 Å². The maximum absolute atomic E-state index is 12.3. The fourth-order valence-corrected chi connectivity index (χ4v) is 2.81. The number of likely N-dealkylation sites (tertiary alicyclic amines) is 1. The topological polar surface area (TPSA) is 85.5 Å². The monoisotopic (exact) mass is 337 g/mol. The molecule has 1 aliphatic rings. The molecular formula is C17H27N3O4. The van der Waals surface area contributed by atoms with Gasteiger partial charge in [-0.25, -0.2) is 0 Å². The SMILES string of the molecule is CCOC(=O)C1CCCN(C(=O)CCCc2nc(C(C)C)no2)C1. The first kappa shape index (κ1) is 18.4. The van der Waals surface area contributed by atoms with Gasteiger partial charge in [0.1, 0.15) is 0 Å². The van der Waals surface area contributed by atoms with Crippen molar-refractivity contribution in [2.75, 3.05) is 19.7 Å². The molecule has 0 aliphatic carbocycles. The van der Waals surface area contributed by atoms with Gasteiger partial charge < -0.3 is 14.2 Å². The lowest BCUT2D eigenvalue weighted by molar-refractivity contribution is -0.151. The molecule has 1 atom stereocenters. The number of aryl methyl sites for hydroxylation is 1. The first-order valence-corrected chi connectivity index (χ1v) is 8.78. The minimum atomic E-state index is -0.193. The van der Waals surface area contributed by atoms with Crippen molar-refractivity contribution in [3.63, 3.8) is 0 Å². The number of ether oxygens (including phenoxy) is 1. The van der Waals surface area contributed by atoms with E-state index in [0.29, 0.717) is 50.7 Å². The molecule has 7 heteroatoms. The van der Waals surface area contributed by atoms with Crippen LogP contribution in [0.3, 0.4) is 0 Å². The van der Waals surface area contributed by atoms with Crippen LogP contribution in [0.2, 0.25) is 0 Å². The fraction of sp³-hybridized carbons (Fsp3) is 0.765. The molecule has 0 radical (unpaired) electrons. The van der Waals surface area contributed by atoms with Crippen molar-refractivity contribution in [1.29, 1.82) is 0 Å². The number of hydrogen-bond donors (Lipinski definition) is 0. The normalized spacial score (nSPS) is 18.0. The quantitative estimate of drug-likeness (QED) is 0.710. The maximum atomic E-state index is 12.3. The molecule has 0 saturated carbocycles. The first-order chi connectivity index (χ1) is 11.5. The van der Waals surface area contributed by atoms with Gasteiger partial charge in [0.25, 0.3) is 0 Å². The molecule has 1 saturated heterocycles. The van der Waals surface area contributed by atoms with Gasteiger partial charge in [-0.15, -0.1) is 0 Å². The average molecular weight is 337 g/mol. The molecule has 1 fully saturated rings. The number of amides is 1. The predicted molar refractivity (Wildman–Crippen MR) is 87.3 cm³/mol. The van der Waals surface area contributed by atoms with Crippen LogP contribution in [0.4, 0.5) is 0 Å². The Kier molecular flexibility index (Phi) is 6.75. The highest BCUT2D eigenvalue weighted by atomic mass is 16.5. The highest BCUT2D eigenvalue weighted by Gasteiger charge is 2.29. The summed E-state index contributed by atoms with van der Waals surface area (Å²) in [6, 6.07) is 0. The van der Waals surface area contributed by atoms with Crippen LogP contribution in [0.25, 0.3) is 0 Å². The fourth-order valence-electron chi connectivity index (χ4n) is 2.81. The first-order valence-electron chi connectivity index (χ1n) is 8.78. The Balaban J connectivity index is 1.76. The van der Waals surface area contributed by atoms with E-state index in [-0.39, 0.29) is 23.7 Å². The number of nitrogens with zero attached hydrogens (tertiary/aromatic N) is 3. The van der Waals surface area contributed by atoms with Crippen molar-refractivity contribution in [2.45, 2.75) is 58.8 Å². The molecule has 2 rings (SSSR count). The lowest BCUT2D eigenvalue weighted by atomic mass is 9.98. The molecular weight excluding hydrogens is 310 g/mol. The number of piperidine rings is 1. The number of aromatic nitrogens is 2.